The van der Waals surface area contributed by atoms with Crippen LogP contribution in [0.4, 0.5) is 5.82 Å². The zero-order valence-electron chi connectivity index (χ0n) is 17.3. The van der Waals surface area contributed by atoms with E-state index in [1.54, 1.807) is 29.1 Å². The highest BCUT2D eigenvalue weighted by atomic mass is 16.2. The molecule has 0 spiro atoms. The number of rotatable bonds is 5. The van der Waals surface area contributed by atoms with E-state index in [0.29, 0.717) is 11.5 Å². The van der Waals surface area contributed by atoms with E-state index in [1.165, 1.54) is 4.40 Å². The van der Waals surface area contributed by atoms with Crippen LogP contribution in [0.1, 0.15) is 5.56 Å². The Morgan fingerprint density at radius 3 is 2.44 bits per heavy atom. The molecule has 0 fully saturated rings. The molecule has 0 radical (unpaired) electrons. The van der Waals surface area contributed by atoms with Crippen molar-refractivity contribution in [1.82, 2.24) is 24.0 Å². The summed E-state index contributed by atoms with van der Waals surface area (Å²) < 4.78 is 4.23. The lowest BCUT2D eigenvalue weighted by Crippen LogP contribution is -2.28. The lowest BCUT2D eigenvalue weighted by atomic mass is 10.1. The Morgan fingerprint density at radius 2 is 1.69 bits per heavy atom. The fourth-order valence-corrected chi connectivity index (χ4v) is 3.49. The molecule has 0 aliphatic rings. The summed E-state index contributed by atoms with van der Waals surface area (Å²) >= 11 is 0. The molecule has 0 saturated heterocycles. The number of carbonyl (C=O) groups is 1. The molecule has 8 nitrogen and oxygen atoms in total. The van der Waals surface area contributed by atoms with Gasteiger partial charge in [-0.1, -0.05) is 54.1 Å². The SMILES string of the molecule is Cc1ccc(-c2cc(NC(=O)Cn3nc4ccccn4c3=O)n(-c3ccccc3)n2)cc1. The summed E-state index contributed by atoms with van der Waals surface area (Å²) in [5.41, 5.74) is 3.76. The fourth-order valence-electron chi connectivity index (χ4n) is 3.49. The van der Waals surface area contributed by atoms with Gasteiger partial charge in [0.25, 0.3) is 0 Å². The van der Waals surface area contributed by atoms with Gasteiger partial charge in [0.05, 0.1) is 11.4 Å². The second-order valence-corrected chi connectivity index (χ2v) is 7.45. The molecule has 0 aliphatic heterocycles. The molecule has 32 heavy (non-hydrogen) atoms. The standard InChI is InChI=1S/C24H20N6O2/c1-17-10-12-18(13-11-17)20-15-22(30(26-20)19-7-3-2-4-8-19)25-23(31)16-29-24(32)28-14-6-5-9-21(28)27-29/h2-15H,16H2,1H3,(H,25,31). The zero-order valence-corrected chi connectivity index (χ0v) is 17.3. The van der Waals surface area contributed by atoms with E-state index >= 15 is 0 Å². The molecule has 0 aliphatic carbocycles. The topological polar surface area (TPSA) is 86.2 Å². The number of hydrogen-bond donors (Lipinski definition) is 1. The Balaban J connectivity index is 1.47. The average molecular weight is 424 g/mol. The maximum atomic E-state index is 12.8. The van der Waals surface area contributed by atoms with Gasteiger partial charge in [-0.15, -0.1) is 5.10 Å². The van der Waals surface area contributed by atoms with Crippen LogP contribution in [-0.4, -0.2) is 29.9 Å². The van der Waals surface area contributed by atoms with Crippen molar-refractivity contribution in [2.24, 2.45) is 0 Å². The number of fused-ring (bicyclic) bond motifs is 1. The minimum Gasteiger partial charge on any atom is -0.309 e. The van der Waals surface area contributed by atoms with Crippen LogP contribution in [0.25, 0.3) is 22.6 Å². The Bertz CT molecular complexity index is 1460. The van der Waals surface area contributed by atoms with Crippen molar-refractivity contribution in [3.8, 4) is 16.9 Å². The third-order valence-electron chi connectivity index (χ3n) is 5.11. The number of para-hydroxylation sites is 1. The van der Waals surface area contributed by atoms with Gasteiger partial charge in [0, 0.05) is 17.8 Å². The predicted molar refractivity (Wildman–Crippen MR) is 122 cm³/mol. The summed E-state index contributed by atoms with van der Waals surface area (Å²) in [7, 11) is 0. The number of nitrogens with one attached hydrogen (secondary N) is 1. The van der Waals surface area contributed by atoms with E-state index in [0.717, 1.165) is 27.2 Å². The van der Waals surface area contributed by atoms with Crippen LogP contribution < -0.4 is 11.0 Å². The van der Waals surface area contributed by atoms with Crippen LogP contribution in [0.3, 0.4) is 0 Å². The molecule has 1 amide bonds. The highest BCUT2D eigenvalue weighted by Crippen LogP contribution is 2.25. The highest BCUT2D eigenvalue weighted by Gasteiger charge is 2.16. The summed E-state index contributed by atoms with van der Waals surface area (Å²) in [6.45, 7) is 1.82. The van der Waals surface area contributed by atoms with Gasteiger partial charge in [-0.25, -0.2) is 14.2 Å². The van der Waals surface area contributed by atoms with Crippen molar-refractivity contribution < 1.29 is 4.79 Å². The molecule has 0 unspecified atom stereocenters. The number of pyridine rings is 1. The maximum absolute atomic E-state index is 12.8. The molecule has 2 aromatic carbocycles. The Morgan fingerprint density at radius 1 is 0.938 bits per heavy atom. The number of aryl methyl sites for hydroxylation is 1. The van der Waals surface area contributed by atoms with Gasteiger partial charge in [0.15, 0.2) is 5.65 Å². The van der Waals surface area contributed by atoms with E-state index in [2.05, 4.69) is 10.4 Å². The summed E-state index contributed by atoms with van der Waals surface area (Å²) in [5.74, 6) is 0.136. The fraction of sp³-hybridized carbons (Fsp3) is 0.0833. The molecule has 158 valence electrons. The number of nitrogens with zero attached hydrogens (tertiary/aromatic N) is 5. The predicted octanol–water partition coefficient (Wildman–Crippen LogP) is 3.30. The number of benzene rings is 2. The first kappa shape index (κ1) is 19.5. The minimum absolute atomic E-state index is 0.208. The van der Waals surface area contributed by atoms with E-state index in [9.17, 15) is 9.59 Å². The molecule has 5 rings (SSSR count). The number of hydrogen-bond acceptors (Lipinski definition) is 4. The lowest BCUT2D eigenvalue weighted by Gasteiger charge is -2.08. The minimum atomic E-state index is -0.372. The Kier molecular flexibility index (Phi) is 4.87. The molecule has 0 saturated carbocycles. The molecular weight excluding hydrogens is 404 g/mol. The van der Waals surface area contributed by atoms with E-state index in [4.69, 9.17) is 5.10 Å². The zero-order chi connectivity index (χ0) is 22.1. The molecule has 1 N–H and O–H groups in total. The largest absolute Gasteiger partial charge is 0.350 e. The summed E-state index contributed by atoms with van der Waals surface area (Å²) in [6.07, 6.45) is 1.62. The number of anilines is 1. The van der Waals surface area contributed by atoms with Gasteiger partial charge < -0.3 is 5.32 Å². The summed E-state index contributed by atoms with van der Waals surface area (Å²) in [5, 5.41) is 11.8. The molecule has 5 aromatic rings. The number of carbonyl (C=O) groups excluding carboxylic acids is 1. The van der Waals surface area contributed by atoms with Gasteiger partial charge in [-0.3, -0.25) is 9.20 Å². The van der Waals surface area contributed by atoms with Crippen LogP contribution in [0.2, 0.25) is 0 Å². The van der Waals surface area contributed by atoms with E-state index in [1.807, 2.05) is 67.6 Å². The van der Waals surface area contributed by atoms with Gasteiger partial charge in [0.2, 0.25) is 5.91 Å². The van der Waals surface area contributed by atoms with Gasteiger partial charge >= 0.3 is 5.69 Å². The number of aromatic nitrogens is 5. The molecular formula is C24H20N6O2. The first-order valence-corrected chi connectivity index (χ1v) is 10.1. The van der Waals surface area contributed by atoms with Crippen molar-refractivity contribution >= 4 is 17.4 Å². The van der Waals surface area contributed by atoms with Crippen LogP contribution >= 0.6 is 0 Å². The Labute approximate surface area is 183 Å². The van der Waals surface area contributed by atoms with Crippen LogP contribution in [-0.2, 0) is 11.3 Å². The van der Waals surface area contributed by atoms with Gasteiger partial charge in [-0.05, 0) is 31.2 Å². The van der Waals surface area contributed by atoms with Gasteiger partial charge in [-0.2, -0.15) is 5.10 Å². The average Bonchev–Trinajstić information content (AvgIpc) is 3.36. The molecule has 0 atom stereocenters. The first-order chi connectivity index (χ1) is 15.6. The normalized spacial score (nSPS) is 11.0. The van der Waals surface area contributed by atoms with Crippen LogP contribution in [0.5, 0.6) is 0 Å². The molecule has 3 aromatic heterocycles. The third kappa shape index (κ3) is 3.69. The van der Waals surface area contributed by atoms with Crippen molar-refractivity contribution in [3.63, 3.8) is 0 Å². The van der Waals surface area contributed by atoms with Crippen molar-refractivity contribution in [1.29, 1.82) is 0 Å². The van der Waals surface area contributed by atoms with E-state index in [-0.39, 0.29) is 18.1 Å². The quantitative estimate of drug-likeness (QED) is 0.469. The second kappa shape index (κ2) is 7.99. The van der Waals surface area contributed by atoms with Crippen LogP contribution in [0, 0.1) is 6.92 Å². The molecule has 3 heterocycles. The monoisotopic (exact) mass is 424 g/mol. The highest BCUT2D eigenvalue weighted by molar-refractivity contribution is 5.90. The molecule has 8 heteroatoms. The summed E-state index contributed by atoms with van der Waals surface area (Å²) in [4.78, 5) is 25.3. The van der Waals surface area contributed by atoms with Crippen molar-refractivity contribution in [2.45, 2.75) is 13.5 Å². The maximum Gasteiger partial charge on any atom is 0.350 e. The lowest BCUT2D eigenvalue weighted by molar-refractivity contribution is -0.117. The van der Waals surface area contributed by atoms with Crippen molar-refractivity contribution in [3.05, 3.63) is 101 Å². The Hall–Kier alpha value is -4.46. The smallest absolute Gasteiger partial charge is 0.309 e. The summed E-state index contributed by atoms with van der Waals surface area (Å²) in [6, 6.07) is 24.7. The van der Waals surface area contributed by atoms with E-state index < -0.39 is 0 Å². The van der Waals surface area contributed by atoms with Gasteiger partial charge in [0.1, 0.15) is 12.4 Å². The third-order valence-corrected chi connectivity index (χ3v) is 5.11. The number of amides is 1. The first-order valence-electron chi connectivity index (χ1n) is 10.1. The van der Waals surface area contributed by atoms with Crippen LogP contribution in [0.15, 0.2) is 89.9 Å². The van der Waals surface area contributed by atoms with Crippen molar-refractivity contribution in [2.75, 3.05) is 5.32 Å². The second-order valence-electron chi connectivity index (χ2n) is 7.45. The molecule has 0 bridgehead atoms.